The van der Waals surface area contributed by atoms with Gasteiger partial charge >= 0.3 is 0 Å². The second kappa shape index (κ2) is 3.94. The lowest BCUT2D eigenvalue weighted by Crippen LogP contribution is -2.18. The van der Waals surface area contributed by atoms with Crippen LogP contribution in [0.15, 0.2) is 60.5 Å². The molecule has 0 aromatic rings. The molecule has 0 aromatic heterocycles. The van der Waals surface area contributed by atoms with Crippen molar-refractivity contribution in [3.8, 4) is 0 Å². The Morgan fingerprint density at radius 1 is 1.54 bits per heavy atom. The van der Waals surface area contributed by atoms with Gasteiger partial charge in [0.1, 0.15) is 0 Å². The molecule has 1 nitrogen and oxygen atoms in total. The van der Waals surface area contributed by atoms with E-state index in [2.05, 4.69) is 31.1 Å². The summed E-state index contributed by atoms with van der Waals surface area (Å²) >= 11 is 0. The van der Waals surface area contributed by atoms with Crippen molar-refractivity contribution in [1.82, 2.24) is 5.32 Å². The number of hydrogen-bond acceptors (Lipinski definition) is 1. The molecule has 1 aliphatic carbocycles. The topological polar surface area (TPSA) is 12.0 Å². The van der Waals surface area contributed by atoms with Crippen LogP contribution in [0.25, 0.3) is 0 Å². The third-order valence-electron chi connectivity index (χ3n) is 1.95. The van der Waals surface area contributed by atoms with Crippen molar-refractivity contribution in [3.63, 3.8) is 0 Å². The summed E-state index contributed by atoms with van der Waals surface area (Å²) in [6, 6.07) is 0. The van der Waals surface area contributed by atoms with Crippen LogP contribution in [0.3, 0.4) is 0 Å². The third kappa shape index (κ3) is 2.22. The van der Waals surface area contributed by atoms with Gasteiger partial charge in [0.05, 0.1) is 0 Å². The average Bonchev–Trinajstić information content (AvgIpc) is 2.13. The Hall–Kier alpha value is -1.50. The molecule has 0 fully saturated rings. The minimum absolute atomic E-state index is 0.888. The van der Waals surface area contributed by atoms with Crippen LogP contribution in [-0.4, -0.2) is 0 Å². The molecule has 0 bridgehead atoms. The highest BCUT2D eigenvalue weighted by Crippen LogP contribution is 2.27. The van der Waals surface area contributed by atoms with E-state index in [4.69, 9.17) is 0 Å². The first-order valence-electron chi connectivity index (χ1n) is 4.30. The summed E-state index contributed by atoms with van der Waals surface area (Å²) in [6.45, 7) is 13.4. The predicted octanol–water partition coefficient (Wildman–Crippen LogP) is 3.07. The van der Waals surface area contributed by atoms with Gasteiger partial charge in [0.15, 0.2) is 0 Å². The van der Waals surface area contributed by atoms with Gasteiger partial charge in [0.2, 0.25) is 0 Å². The Kier molecular flexibility index (Phi) is 2.91. The van der Waals surface area contributed by atoms with E-state index in [9.17, 15) is 0 Å². The minimum atomic E-state index is 0.888. The molecule has 1 heteroatoms. The molecule has 0 spiro atoms. The van der Waals surface area contributed by atoms with Crippen LogP contribution in [0, 0.1) is 0 Å². The molecule has 0 aromatic carbocycles. The van der Waals surface area contributed by atoms with E-state index in [1.807, 2.05) is 19.1 Å². The number of allylic oxidation sites excluding steroid dienone is 5. The quantitative estimate of drug-likeness (QED) is 0.644. The Bertz CT molecular complexity index is 316. The van der Waals surface area contributed by atoms with Crippen LogP contribution in [0.5, 0.6) is 0 Å². The molecule has 0 radical (unpaired) electrons. The van der Waals surface area contributed by atoms with Crippen LogP contribution in [-0.2, 0) is 0 Å². The maximum atomic E-state index is 3.88. The fourth-order valence-corrected chi connectivity index (χ4v) is 1.08. The van der Waals surface area contributed by atoms with Crippen molar-refractivity contribution in [2.24, 2.45) is 0 Å². The summed E-state index contributed by atoms with van der Waals surface area (Å²) in [6.07, 6.45) is 6.84. The zero-order valence-corrected chi connectivity index (χ0v) is 8.06. The van der Waals surface area contributed by atoms with Crippen molar-refractivity contribution >= 4 is 0 Å². The van der Waals surface area contributed by atoms with Crippen LogP contribution in [0.2, 0.25) is 0 Å². The van der Waals surface area contributed by atoms with Gasteiger partial charge in [-0.05, 0) is 30.6 Å². The first kappa shape index (κ1) is 9.59. The molecule has 1 rings (SSSR count). The molecule has 0 unspecified atom stereocenters. The molecule has 1 aliphatic rings. The van der Waals surface area contributed by atoms with Gasteiger partial charge in [0.25, 0.3) is 0 Å². The molecule has 0 aliphatic heterocycles. The van der Waals surface area contributed by atoms with Gasteiger partial charge in [-0.15, -0.1) is 6.58 Å². The third-order valence-corrected chi connectivity index (χ3v) is 1.95. The zero-order valence-electron chi connectivity index (χ0n) is 8.06. The van der Waals surface area contributed by atoms with Gasteiger partial charge in [0, 0.05) is 11.4 Å². The van der Waals surface area contributed by atoms with Gasteiger partial charge in [-0.1, -0.05) is 25.3 Å². The monoisotopic (exact) mass is 173 g/mol. The molecule has 0 saturated carbocycles. The summed E-state index contributed by atoms with van der Waals surface area (Å²) in [4.78, 5) is 0. The highest BCUT2D eigenvalue weighted by Gasteiger charge is 2.14. The van der Waals surface area contributed by atoms with Gasteiger partial charge in [-0.25, -0.2) is 0 Å². The molecule has 0 heterocycles. The Morgan fingerprint density at radius 2 is 2.23 bits per heavy atom. The molecule has 0 amide bonds. The van der Waals surface area contributed by atoms with Gasteiger partial charge in [-0.2, -0.15) is 0 Å². The predicted molar refractivity (Wildman–Crippen MR) is 58.1 cm³/mol. The van der Waals surface area contributed by atoms with Crippen molar-refractivity contribution in [1.29, 1.82) is 0 Å². The Morgan fingerprint density at radius 3 is 2.69 bits per heavy atom. The van der Waals surface area contributed by atoms with Crippen LogP contribution < -0.4 is 5.32 Å². The highest BCUT2D eigenvalue weighted by molar-refractivity contribution is 5.60. The minimum Gasteiger partial charge on any atom is -0.359 e. The van der Waals surface area contributed by atoms with Crippen LogP contribution in [0.1, 0.15) is 13.3 Å². The summed E-state index contributed by atoms with van der Waals surface area (Å²) in [5, 5.41) is 3.25. The summed E-state index contributed by atoms with van der Waals surface area (Å²) < 4.78 is 0. The normalized spacial score (nSPS) is 16.4. The molecule has 0 saturated heterocycles. The van der Waals surface area contributed by atoms with E-state index in [0.29, 0.717) is 0 Å². The lowest BCUT2D eigenvalue weighted by Gasteiger charge is -2.22. The van der Waals surface area contributed by atoms with E-state index in [0.717, 1.165) is 29.0 Å². The molecule has 68 valence electrons. The van der Waals surface area contributed by atoms with E-state index in [-0.39, 0.29) is 0 Å². The number of rotatable bonds is 4. The number of nitrogens with one attached hydrogen (secondary N) is 1. The maximum Gasteiger partial charge on any atom is 0.0461 e. The lowest BCUT2D eigenvalue weighted by atomic mass is 9.94. The maximum absolute atomic E-state index is 3.88. The smallest absolute Gasteiger partial charge is 0.0461 e. The molecular weight excluding hydrogens is 158 g/mol. The van der Waals surface area contributed by atoms with E-state index >= 15 is 0 Å². The largest absolute Gasteiger partial charge is 0.359 e. The second-order valence-electron chi connectivity index (χ2n) is 3.10. The van der Waals surface area contributed by atoms with Crippen LogP contribution in [0.4, 0.5) is 0 Å². The average molecular weight is 173 g/mol. The second-order valence-corrected chi connectivity index (χ2v) is 3.10. The zero-order chi connectivity index (χ0) is 9.84. The summed E-state index contributed by atoms with van der Waals surface area (Å²) in [7, 11) is 0. The first-order chi connectivity index (χ1) is 6.15. The van der Waals surface area contributed by atoms with Gasteiger partial charge < -0.3 is 5.32 Å². The van der Waals surface area contributed by atoms with Crippen molar-refractivity contribution in [3.05, 3.63) is 60.5 Å². The van der Waals surface area contributed by atoms with E-state index in [1.165, 1.54) is 0 Å². The number of hydrogen-bond donors (Lipinski definition) is 1. The fraction of sp³-hybridized carbons (Fsp3) is 0.167. The Balaban J connectivity index is 2.51. The van der Waals surface area contributed by atoms with Crippen molar-refractivity contribution in [2.75, 3.05) is 0 Å². The summed E-state index contributed by atoms with van der Waals surface area (Å²) in [5.41, 5.74) is 4.22. The Labute approximate surface area is 79.8 Å². The van der Waals surface area contributed by atoms with Crippen molar-refractivity contribution in [2.45, 2.75) is 13.3 Å². The standard InChI is InChI=1S/C12H15N/c1-5-6-7-10(3)13-12-8-9(2)11(12)4/h5,7-8,13H,1-2,4,6H2,3H3/b10-7+. The molecule has 13 heavy (non-hydrogen) atoms. The van der Waals surface area contributed by atoms with E-state index in [1.54, 1.807) is 0 Å². The molecule has 0 atom stereocenters. The molecule has 1 N–H and O–H groups in total. The van der Waals surface area contributed by atoms with Crippen LogP contribution >= 0.6 is 0 Å². The SMILES string of the molecule is C=CC/C=C(\C)NC1=CC(=C)C1=C. The van der Waals surface area contributed by atoms with Gasteiger partial charge in [-0.3, -0.25) is 0 Å². The fourth-order valence-electron chi connectivity index (χ4n) is 1.08. The molecular formula is C12H15N. The highest BCUT2D eigenvalue weighted by atomic mass is 14.9. The van der Waals surface area contributed by atoms with E-state index < -0.39 is 0 Å². The summed E-state index contributed by atoms with van der Waals surface area (Å²) in [5.74, 6) is 0. The first-order valence-corrected chi connectivity index (χ1v) is 4.30. The van der Waals surface area contributed by atoms with Crippen molar-refractivity contribution < 1.29 is 0 Å². The lowest BCUT2D eigenvalue weighted by molar-refractivity contribution is 0.948.